The molecule has 0 bridgehead atoms. The van der Waals surface area contributed by atoms with Crippen molar-refractivity contribution < 1.29 is 9.53 Å². The Labute approximate surface area is 208 Å². The molecule has 0 aromatic carbocycles. The van der Waals surface area contributed by atoms with E-state index in [9.17, 15) is 10.1 Å². The minimum absolute atomic E-state index is 0.0110. The van der Waals surface area contributed by atoms with Crippen LogP contribution >= 0.6 is 0 Å². The summed E-state index contributed by atoms with van der Waals surface area (Å²) in [6.07, 6.45) is 7.12. The number of ether oxygens (including phenoxy) is 1. The molecule has 1 unspecified atom stereocenters. The first-order valence-corrected chi connectivity index (χ1v) is 11.8. The number of nitrogens with zero attached hydrogens (tertiary/aromatic N) is 9. The first-order chi connectivity index (χ1) is 17.5. The van der Waals surface area contributed by atoms with E-state index in [1.54, 1.807) is 29.4 Å². The Bertz CT molecular complexity index is 1430. The van der Waals surface area contributed by atoms with E-state index in [1.165, 1.54) is 0 Å². The summed E-state index contributed by atoms with van der Waals surface area (Å²) < 4.78 is 8.78. The summed E-state index contributed by atoms with van der Waals surface area (Å²) in [6.45, 7) is 7.02. The minimum atomic E-state index is 0.0110. The molecule has 184 valence electrons. The number of hydrogen-bond donors (Lipinski definition) is 0. The number of carbonyl (C=O) groups is 1. The van der Waals surface area contributed by atoms with Crippen LogP contribution < -0.4 is 4.90 Å². The highest BCUT2D eigenvalue weighted by atomic mass is 16.5. The van der Waals surface area contributed by atoms with Crippen molar-refractivity contribution in [2.45, 2.75) is 26.5 Å². The van der Waals surface area contributed by atoms with Gasteiger partial charge in [-0.3, -0.25) is 4.79 Å². The molecule has 11 nitrogen and oxygen atoms in total. The average Bonchev–Trinajstić information content (AvgIpc) is 3.55. The van der Waals surface area contributed by atoms with E-state index in [0.717, 1.165) is 35.6 Å². The van der Waals surface area contributed by atoms with E-state index in [2.05, 4.69) is 26.4 Å². The summed E-state index contributed by atoms with van der Waals surface area (Å²) in [7, 11) is 1.67. The second-order valence-electron chi connectivity index (χ2n) is 8.88. The van der Waals surface area contributed by atoms with Gasteiger partial charge in [0.1, 0.15) is 17.6 Å². The third kappa shape index (κ3) is 4.50. The number of methoxy groups -OCH3 is 1. The van der Waals surface area contributed by atoms with Crippen LogP contribution in [-0.4, -0.2) is 79.8 Å². The highest BCUT2D eigenvalue weighted by Gasteiger charge is 2.20. The van der Waals surface area contributed by atoms with Crippen molar-refractivity contribution in [2.75, 3.05) is 38.2 Å². The number of aromatic nitrogens is 6. The van der Waals surface area contributed by atoms with Crippen LogP contribution in [0.5, 0.6) is 0 Å². The van der Waals surface area contributed by atoms with Crippen LogP contribution in [0.2, 0.25) is 0 Å². The molecule has 4 aromatic heterocycles. The molecule has 36 heavy (non-hydrogen) atoms. The van der Waals surface area contributed by atoms with Crippen LogP contribution in [-0.2, 0) is 16.1 Å². The Morgan fingerprint density at radius 3 is 2.64 bits per heavy atom. The molecule has 0 aliphatic carbocycles. The molecule has 0 saturated carbocycles. The number of piperazine rings is 1. The fourth-order valence-electron chi connectivity index (χ4n) is 4.40. The highest BCUT2D eigenvalue weighted by Crippen LogP contribution is 2.32. The molecule has 1 fully saturated rings. The van der Waals surface area contributed by atoms with Gasteiger partial charge in [-0.15, -0.1) is 5.10 Å². The van der Waals surface area contributed by atoms with Gasteiger partial charge in [0, 0.05) is 69.3 Å². The summed E-state index contributed by atoms with van der Waals surface area (Å²) >= 11 is 0. The number of rotatable bonds is 6. The maximum absolute atomic E-state index is 11.6. The van der Waals surface area contributed by atoms with Crippen molar-refractivity contribution in [3.8, 4) is 28.5 Å². The number of amides is 1. The maximum atomic E-state index is 11.6. The molecule has 11 heteroatoms. The fraction of sp³-hybridized carbons (Fsp3) is 0.360. The van der Waals surface area contributed by atoms with Gasteiger partial charge in [0.05, 0.1) is 36.1 Å². The molecule has 1 atom stereocenters. The SMILES string of the molecule is COC(C)Cn1cc(-c2cc(-c3ccc(N4CCN(C(C)=O)CC4)nc3)c3c(C#N)cnn3c2)nn1. The van der Waals surface area contributed by atoms with Gasteiger partial charge in [0.25, 0.3) is 0 Å². The van der Waals surface area contributed by atoms with Crippen LogP contribution in [0, 0.1) is 11.3 Å². The van der Waals surface area contributed by atoms with E-state index in [4.69, 9.17) is 9.72 Å². The van der Waals surface area contributed by atoms with Crippen molar-refractivity contribution in [3.05, 3.63) is 48.5 Å². The van der Waals surface area contributed by atoms with Crippen molar-refractivity contribution >= 4 is 17.2 Å². The number of nitriles is 1. The van der Waals surface area contributed by atoms with Gasteiger partial charge in [-0.1, -0.05) is 5.21 Å². The van der Waals surface area contributed by atoms with Crippen LogP contribution in [0.25, 0.3) is 27.9 Å². The van der Waals surface area contributed by atoms with Gasteiger partial charge in [-0.05, 0) is 25.1 Å². The number of anilines is 1. The zero-order valence-corrected chi connectivity index (χ0v) is 20.5. The van der Waals surface area contributed by atoms with E-state index in [1.807, 2.05) is 48.6 Å². The van der Waals surface area contributed by atoms with Gasteiger partial charge < -0.3 is 14.5 Å². The fourth-order valence-corrected chi connectivity index (χ4v) is 4.40. The summed E-state index contributed by atoms with van der Waals surface area (Å²) in [4.78, 5) is 20.4. The second-order valence-corrected chi connectivity index (χ2v) is 8.88. The van der Waals surface area contributed by atoms with Crippen molar-refractivity contribution in [1.82, 2.24) is 34.5 Å². The molecule has 5 rings (SSSR count). The van der Waals surface area contributed by atoms with Crippen molar-refractivity contribution in [2.24, 2.45) is 0 Å². The Morgan fingerprint density at radius 2 is 1.97 bits per heavy atom. The molecule has 0 spiro atoms. The maximum Gasteiger partial charge on any atom is 0.219 e. The lowest BCUT2D eigenvalue weighted by Gasteiger charge is -2.34. The largest absolute Gasteiger partial charge is 0.380 e. The standard InChI is InChI=1S/C25H27N9O2/c1-17(36-3)14-33-16-23(29-30-33)20-10-22(25-21(11-26)13-28-34(25)15-20)19-4-5-24(27-12-19)32-8-6-31(7-9-32)18(2)35/h4-5,10,12-13,15-17H,6-9,14H2,1-3H3. The van der Waals surface area contributed by atoms with E-state index >= 15 is 0 Å². The van der Waals surface area contributed by atoms with Crippen molar-refractivity contribution in [1.29, 1.82) is 5.26 Å². The number of fused-ring (bicyclic) bond motifs is 1. The molecule has 5 heterocycles. The van der Waals surface area contributed by atoms with Crippen molar-refractivity contribution in [3.63, 3.8) is 0 Å². The van der Waals surface area contributed by atoms with Crippen LogP contribution in [0.3, 0.4) is 0 Å². The predicted octanol–water partition coefficient (Wildman–Crippen LogP) is 2.23. The molecular weight excluding hydrogens is 458 g/mol. The summed E-state index contributed by atoms with van der Waals surface area (Å²) in [5.74, 6) is 0.961. The normalized spacial score (nSPS) is 14.7. The zero-order valence-electron chi connectivity index (χ0n) is 20.5. The minimum Gasteiger partial charge on any atom is -0.380 e. The smallest absolute Gasteiger partial charge is 0.219 e. The Morgan fingerprint density at radius 1 is 1.17 bits per heavy atom. The van der Waals surface area contributed by atoms with Gasteiger partial charge >= 0.3 is 0 Å². The monoisotopic (exact) mass is 485 g/mol. The third-order valence-corrected chi connectivity index (χ3v) is 6.52. The van der Waals surface area contributed by atoms with Gasteiger partial charge in [0.15, 0.2) is 0 Å². The summed E-state index contributed by atoms with van der Waals surface area (Å²) in [5.41, 5.74) is 4.42. The molecule has 1 saturated heterocycles. The lowest BCUT2D eigenvalue weighted by molar-refractivity contribution is -0.129. The van der Waals surface area contributed by atoms with Crippen LogP contribution in [0.15, 0.2) is 43.0 Å². The average molecular weight is 486 g/mol. The molecule has 4 aromatic rings. The zero-order chi connectivity index (χ0) is 25.2. The number of hydrogen-bond acceptors (Lipinski definition) is 8. The third-order valence-electron chi connectivity index (χ3n) is 6.52. The van der Waals surface area contributed by atoms with E-state index in [-0.39, 0.29) is 12.0 Å². The summed E-state index contributed by atoms with van der Waals surface area (Å²) in [5, 5.41) is 22.6. The Hall–Kier alpha value is -4.30. The Balaban J connectivity index is 1.48. The molecule has 1 aliphatic heterocycles. The van der Waals surface area contributed by atoms with E-state index < -0.39 is 0 Å². The first kappa shape index (κ1) is 23.4. The lowest BCUT2D eigenvalue weighted by atomic mass is 10.0. The number of carbonyl (C=O) groups excluding carboxylic acids is 1. The molecule has 1 aliphatic rings. The molecule has 0 radical (unpaired) electrons. The second kappa shape index (κ2) is 9.75. The molecule has 1 amide bonds. The number of pyridine rings is 2. The van der Waals surface area contributed by atoms with E-state index in [0.29, 0.717) is 36.4 Å². The van der Waals surface area contributed by atoms with Crippen LogP contribution in [0.4, 0.5) is 5.82 Å². The first-order valence-electron chi connectivity index (χ1n) is 11.8. The Kier molecular flexibility index (Phi) is 6.35. The lowest BCUT2D eigenvalue weighted by Crippen LogP contribution is -2.48. The highest BCUT2D eigenvalue weighted by molar-refractivity contribution is 5.87. The van der Waals surface area contributed by atoms with Crippen LogP contribution in [0.1, 0.15) is 19.4 Å². The topological polar surface area (TPSA) is 117 Å². The quantitative estimate of drug-likeness (QED) is 0.408. The molecule has 0 N–H and O–H groups in total. The predicted molar refractivity (Wildman–Crippen MR) is 133 cm³/mol. The summed E-state index contributed by atoms with van der Waals surface area (Å²) in [6, 6.07) is 8.21. The molecular formula is C25H27N9O2. The van der Waals surface area contributed by atoms with Gasteiger partial charge in [-0.25, -0.2) is 14.2 Å². The van der Waals surface area contributed by atoms with Gasteiger partial charge in [-0.2, -0.15) is 10.4 Å². The van der Waals surface area contributed by atoms with Gasteiger partial charge in [0.2, 0.25) is 5.91 Å².